The van der Waals surface area contributed by atoms with Crippen LogP contribution in [0, 0.1) is 0 Å². The van der Waals surface area contributed by atoms with Crippen molar-refractivity contribution in [1.29, 1.82) is 0 Å². The highest BCUT2D eigenvalue weighted by Crippen LogP contribution is 2.18. The van der Waals surface area contributed by atoms with Crippen molar-refractivity contribution in [3.05, 3.63) is 0 Å². The zero-order valence-electron chi connectivity index (χ0n) is 11.8. The van der Waals surface area contributed by atoms with E-state index in [1.807, 2.05) is 6.92 Å². The Hall–Kier alpha value is -0.210. The highest BCUT2D eigenvalue weighted by Gasteiger charge is 2.30. The Morgan fingerprint density at radius 3 is 2.84 bits per heavy atom. The van der Waals surface area contributed by atoms with Gasteiger partial charge in [-0.05, 0) is 25.7 Å². The molecule has 7 heteroatoms. The second kappa shape index (κ2) is 8.86. The fraction of sp³-hybridized carbons (Fsp3) is 1.00. The summed E-state index contributed by atoms with van der Waals surface area (Å²) in [4.78, 5) is 0. The summed E-state index contributed by atoms with van der Waals surface area (Å²) < 4.78 is 33.8. The van der Waals surface area contributed by atoms with Gasteiger partial charge in [-0.1, -0.05) is 13.3 Å². The Labute approximate surface area is 116 Å². The van der Waals surface area contributed by atoms with E-state index in [-0.39, 0.29) is 6.04 Å². The molecular formula is C12H27N3O3S. The summed E-state index contributed by atoms with van der Waals surface area (Å²) >= 11 is 0. The third-order valence-electron chi connectivity index (χ3n) is 3.25. The van der Waals surface area contributed by atoms with Crippen LogP contribution in [-0.4, -0.2) is 51.6 Å². The molecule has 1 aliphatic heterocycles. The smallest absolute Gasteiger partial charge is 0.279 e. The molecule has 1 fully saturated rings. The third-order valence-corrected chi connectivity index (χ3v) is 4.92. The van der Waals surface area contributed by atoms with Crippen LogP contribution in [0.3, 0.4) is 0 Å². The molecule has 0 radical (unpaired) electrons. The fourth-order valence-electron chi connectivity index (χ4n) is 2.23. The van der Waals surface area contributed by atoms with E-state index in [0.717, 1.165) is 32.3 Å². The minimum atomic E-state index is -3.39. The van der Waals surface area contributed by atoms with Crippen LogP contribution in [0.15, 0.2) is 0 Å². The predicted octanol–water partition coefficient (Wildman–Crippen LogP) is 0.451. The first-order chi connectivity index (χ1) is 9.11. The van der Waals surface area contributed by atoms with Crippen molar-refractivity contribution in [1.82, 2.24) is 9.03 Å². The molecule has 0 aliphatic carbocycles. The Bertz CT molecular complexity index is 335. The lowest BCUT2D eigenvalue weighted by Gasteiger charge is -2.33. The molecule has 1 saturated heterocycles. The Kier molecular flexibility index (Phi) is 7.86. The SMILES string of the molecule is CCCOCCCNS(=O)(=O)N1CCCCC1CN. The summed E-state index contributed by atoms with van der Waals surface area (Å²) in [5.41, 5.74) is 5.65. The van der Waals surface area contributed by atoms with Gasteiger partial charge < -0.3 is 10.5 Å². The van der Waals surface area contributed by atoms with E-state index >= 15 is 0 Å². The van der Waals surface area contributed by atoms with E-state index in [4.69, 9.17) is 10.5 Å². The highest BCUT2D eigenvalue weighted by atomic mass is 32.2. The molecule has 0 aromatic carbocycles. The van der Waals surface area contributed by atoms with Crippen LogP contribution < -0.4 is 10.5 Å². The topological polar surface area (TPSA) is 84.7 Å². The number of hydrogen-bond acceptors (Lipinski definition) is 4. The average molecular weight is 293 g/mol. The molecule has 0 saturated carbocycles. The molecule has 1 atom stereocenters. The average Bonchev–Trinajstić information content (AvgIpc) is 2.42. The van der Waals surface area contributed by atoms with Crippen molar-refractivity contribution in [3.63, 3.8) is 0 Å². The molecule has 1 heterocycles. The lowest BCUT2D eigenvalue weighted by molar-refractivity contribution is 0.133. The molecule has 0 amide bonds. The van der Waals surface area contributed by atoms with E-state index < -0.39 is 10.2 Å². The zero-order valence-corrected chi connectivity index (χ0v) is 12.6. The van der Waals surface area contributed by atoms with Crippen LogP contribution in [0.2, 0.25) is 0 Å². The minimum absolute atomic E-state index is 0.0532. The molecule has 0 aromatic heterocycles. The predicted molar refractivity (Wildman–Crippen MR) is 76.0 cm³/mol. The van der Waals surface area contributed by atoms with Gasteiger partial charge in [0.15, 0.2) is 0 Å². The van der Waals surface area contributed by atoms with Crippen LogP contribution in [0.25, 0.3) is 0 Å². The maximum Gasteiger partial charge on any atom is 0.279 e. The van der Waals surface area contributed by atoms with Gasteiger partial charge in [0, 0.05) is 38.9 Å². The lowest BCUT2D eigenvalue weighted by atomic mass is 10.1. The third kappa shape index (κ3) is 5.74. The fourth-order valence-corrected chi connectivity index (χ4v) is 3.75. The van der Waals surface area contributed by atoms with Crippen molar-refractivity contribution >= 4 is 10.2 Å². The molecule has 1 rings (SSSR count). The van der Waals surface area contributed by atoms with Crippen LogP contribution in [0.4, 0.5) is 0 Å². The summed E-state index contributed by atoms with van der Waals surface area (Å²) in [6.07, 6.45) is 4.50. The summed E-state index contributed by atoms with van der Waals surface area (Å²) in [5.74, 6) is 0. The number of nitrogens with zero attached hydrogens (tertiary/aromatic N) is 1. The Morgan fingerprint density at radius 1 is 1.37 bits per heavy atom. The minimum Gasteiger partial charge on any atom is -0.381 e. The lowest BCUT2D eigenvalue weighted by Crippen LogP contribution is -2.51. The molecule has 19 heavy (non-hydrogen) atoms. The molecule has 114 valence electrons. The molecule has 0 spiro atoms. The first kappa shape index (κ1) is 16.8. The van der Waals surface area contributed by atoms with Crippen molar-refractivity contribution in [2.75, 3.05) is 32.8 Å². The van der Waals surface area contributed by atoms with Gasteiger partial charge in [-0.3, -0.25) is 0 Å². The molecule has 3 N–H and O–H groups in total. The molecular weight excluding hydrogens is 266 g/mol. The quantitative estimate of drug-likeness (QED) is 0.605. The number of nitrogens with one attached hydrogen (secondary N) is 1. The van der Waals surface area contributed by atoms with Crippen molar-refractivity contribution in [3.8, 4) is 0 Å². The second-order valence-electron chi connectivity index (χ2n) is 4.86. The summed E-state index contributed by atoms with van der Waals surface area (Å²) in [7, 11) is -3.39. The van der Waals surface area contributed by atoms with Gasteiger partial charge in [0.05, 0.1) is 0 Å². The van der Waals surface area contributed by atoms with Gasteiger partial charge in [-0.2, -0.15) is 12.7 Å². The standard InChI is InChI=1S/C12H27N3O3S/c1-2-9-18-10-5-7-14-19(16,17)15-8-4-3-6-12(15)11-13/h12,14H,2-11,13H2,1H3. The number of hydrogen-bond donors (Lipinski definition) is 2. The van der Waals surface area contributed by atoms with Gasteiger partial charge in [-0.15, -0.1) is 0 Å². The Morgan fingerprint density at radius 2 is 2.16 bits per heavy atom. The van der Waals surface area contributed by atoms with Crippen molar-refractivity contribution in [2.45, 2.75) is 45.1 Å². The van der Waals surface area contributed by atoms with Gasteiger partial charge in [0.2, 0.25) is 0 Å². The summed E-state index contributed by atoms with van der Waals surface area (Å²) in [6, 6.07) is -0.0532. The van der Waals surface area contributed by atoms with E-state index in [9.17, 15) is 8.42 Å². The highest BCUT2D eigenvalue weighted by molar-refractivity contribution is 7.87. The van der Waals surface area contributed by atoms with E-state index in [0.29, 0.717) is 32.7 Å². The van der Waals surface area contributed by atoms with Gasteiger partial charge >= 0.3 is 0 Å². The van der Waals surface area contributed by atoms with E-state index in [1.165, 1.54) is 4.31 Å². The first-order valence-electron chi connectivity index (χ1n) is 7.16. The molecule has 1 aliphatic rings. The van der Waals surface area contributed by atoms with Gasteiger partial charge in [0.1, 0.15) is 0 Å². The van der Waals surface area contributed by atoms with Crippen molar-refractivity contribution < 1.29 is 13.2 Å². The maximum atomic E-state index is 12.2. The van der Waals surface area contributed by atoms with Crippen LogP contribution in [0.5, 0.6) is 0 Å². The monoisotopic (exact) mass is 293 g/mol. The number of ether oxygens (including phenoxy) is 1. The number of nitrogens with two attached hydrogens (primary N) is 1. The van der Waals surface area contributed by atoms with Gasteiger partial charge in [-0.25, -0.2) is 4.72 Å². The van der Waals surface area contributed by atoms with Crippen LogP contribution >= 0.6 is 0 Å². The second-order valence-corrected chi connectivity index (χ2v) is 6.57. The number of piperidine rings is 1. The first-order valence-corrected chi connectivity index (χ1v) is 8.60. The molecule has 1 unspecified atom stereocenters. The summed E-state index contributed by atoms with van der Waals surface area (Å²) in [6.45, 7) is 4.75. The van der Waals surface area contributed by atoms with Crippen molar-refractivity contribution in [2.24, 2.45) is 5.73 Å². The van der Waals surface area contributed by atoms with E-state index in [2.05, 4.69) is 4.72 Å². The van der Waals surface area contributed by atoms with E-state index in [1.54, 1.807) is 0 Å². The maximum absolute atomic E-state index is 12.2. The zero-order chi connectivity index (χ0) is 14.1. The molecule has 0 aromatic rings. The normalized spacial score (nSPS) is 21.7. The number of rotatable bonds is 9. The van der Waals surface area contributed by atoms with Crippen LogP contribution in [0.1, 0.15) is 39.0 Å². The molecule has 6 nitrogen and oxygen atoms in total. The molecule has 0 bridgehead atoms. The van der Waals surface area contributed by atoms with Gasteiger partial charge in [0.25, 0.3) is 10.2 Å². The summed E-state index contributed by atoms with van der Waals surface area (Å²) in [5, 5.41) is 0. The Balaban J connectivity index is 2.33. The largest absolute Gasteiger partial charge is 0.381 e. The van der Waals surface area contributed by atoms with Crippen LogP contribution in [-0.2, 0) is 14.9 Å².